The molecule has 2 rings (SSSR count). The lowest BCUT2D eigenvalue weighted by Gasteiger charge is -2.26. The molecule has 1 aromatic carbocycles. The number of nitrogens with two attached hydrogens (primary N) is 1. The fourth-order valence-corrected chi connectivity index (χ4v) is 3.48. The zero-order valence-corrected chi connectivity index (χ0v) is 11.9. The Morgan fingerprint density at radius 2 is 2.05 bits per heavy atom. The fourth-order valence-electron chi connectivity index (χ4n) is 2.23. The third-order valence-corrected chi connectivity index (χ3v) is 5.20. The number of hydrogen-bond acceptors (Lipinski definition) is 4. The van der Waals surface area contributed by atoms with Gasteiger partial charge in [0, 0.05) is 25.9 Å². The normalized spacial score (nSPS) is 20.6. The van der Waals surface area contributed by atoms with Gasteiger partial charge in [-0.1, -0.05) is 0 Å². The quantitative estimate of drug-likeness (QED) is 0.846. The highest BCUT2D eigenvalue weighted by molar-refractivity contribution is 7.89. The minimum atomic E-state index is -3.43. The van der Waals surface area contributed by atoms with Crippen molar-refractivity contribution in [2.75, 3.05) is 32.5 Å². The summed E-state index contributed by atoms with van der Waals surface area (Å²) in [5, 5.41) is 0. The van der Waals surface area contributed by atoms with Gasteiger partial charge in [0.25, 0.3) is 0 Å². The van der Waals surface area contributed by atoms with Gasteiger partial charge in [0.15, 0.2) is 0 Å². The van der Waals surface area contributed by atoms with E-state index in [1.807, 2.05) is 0 Å². The van der Waals surface area contributed by atoms with E-state index in [-0.39, 0.29) is 10.8 Å². The maximum absolute atomic E-state index is 12.4. The summed E-state index contributed by atoms with van der Waals surface area (Å²) >= 11 is 0. The van der Waals surface area contributed by atoms with E-state index in [1.54, 1.807) is 31.3 Å². The van der Waals surface area contributed by atoms with Crippen LogP contribution in [0.15, 0.2) is 29.2 Å². The summed E-state index contributed by atoms with van der Waals surface area (Å²) < 4.78 is 31.5. The molecule has 1 fully saturated rings. The van der Waals surface area contributed by atoms with Gasteiger partial charge in [-0.05, 0) is 43.0 Å². The fraction of sp³-hybridized carbons (Fsp3) is 0.538. The third kappa shape index (κ3) is 3.46. The predicted molar refractivity (Wildman–Crippen MR) is 74.2 cm³/mol. The second kappa shape index (κ2) is 5.90. The van der Waals surface area contributed by atoms with E-state index in [0.29, 0.717) is 18.8 Å². The third-order valence-electron chi connectivity index (χ3n) is 3.36. The van der Waals surface area contributed by atoms with Crippen molar-refractivity contribution in [2.45, 2.75) is 17.7 Å². The zero-order chi connectivity index (χ0) is 13.9. The molecule has 0 aromatic heterocycles. The molecule has 0 spiro atoms. The van der Waals surface area contributed by atoms with E-state index < -0.39 is 10.0 Å². The second-order valence-corrected chi connectivity index (χ2v) is 6.98. The van der Waals surface area contributed by atoms with Crippen LogP contribution in [0.5, 0.6) is 0 Å². The molecule has 6 heteroatoms. The number of sulfonamides is 1. The van der Waals surface area contributed by atoms with E-state index in [0.717, 1.165) is 19.4 Å². The van der Waals surface area contributed by atoms with E-state index in [4.69, 9.17) is 10.5 Å². The molecule has 0 saturated carbocycles. The van der Waals surface area contributed by atoms with Gasteiger partial charge < -0.3 is 10.5 Å². The Morgan fingerprint density at radius 3 is 2.63 bits per heavy atom. The molecular weight excluding hydrogens is 264 g/mol. The first-order valence-electron chi connectivity index (χ1n) is 6.40. The molecule has 1 atom stereocenters. The molecule has 1 aromatic rings. The Hall–Kier alpha value is -1.11. The molecule has 19 heavy (non-hydrogen) atoms. The summed E-state index contributed by atoms with van der Waals surface area (Å²) in [6, 6.07) is 6.28. The Labute approximate surface area is 114 Å². The minimum absolute atomic E-state index is 0.279. The van der Waals surface area contributed by atoms with Crippen molar-refractivity contribution in [3.05, 3.63) is 24.3 Å². The van der Waals surface area contributed by atoms with E-state index >= 15 is 0 Å². The summed E-state index contributed by atoms with van der Waals surface area (Å²) in [7, 11) is -1.82. The molecule has 1 heterocycles. The molecule has 106 valence electrons. The number of nitrogens with zero attached hydrogens (tertiary/aromatic N) is 1. The van der Waals surface area contributed by atoms with Gasteiger partial charge in [-0.25, -0.2) is 12.7 Å². The summed E-state index contributed by atoms with van der Waals surface area (Å²) in [5.41, 5.74) is 6.13. The number of rotatable bonds is 4. The molecule has 1 aliphatic heterocycles. The zero-order valence-electron chi connectivity index (χ0n) is 11.1. The molecule has 0 aliphatic carbocycles. The van der Waals surface area contributed by atoms with E-state index in [1.165, 1.54) is 4.31 Å². The van der Waals surface area contributed by atoms with Crippen molar-refractivity contribution in [3.63, 3.8) is 0 Å². The lowest BCUT2D eigenvalue weighted by atomic mass is 10.0. The molecule has 1 unspecified atom stereocenters. The van der Waals surface area contributed by atoms with Gasteiger partial charge in [-0.15, -0.1) is 0 Å². The first-order valence-corrected chi connectivity index (χ1v) is 7.84. The van der Waals surface area contributed by atoms with E-state index in [2.05, 4.69) is 0 Å². The van der Waals surface area contributed by atoms with Crippen LogP contribution < -0.4 is 5.73 Å². The van der Waals surface area contributed by atoms with Gasteiger partial charge >= 0.3 is 0 Å². The van der Waals surface area contributed by atoms with Gasteiger partial charge in [0.2, 0.25) is 10.0 Å². The second-order valence-electron chi connectivity index (χ2n) is 4.94. The van der Waals surface area contributed by atoms with Gasteiger partial charge in [0.1, 0.15) is 0 Å². The number of benzene rings is 1. The summed E-state index contributed by atoms with van der Waals surface area (Å²) in [5.74, 6) is 0.280. The number of hydrogen-bond donors (Lipinski definition) is 1. The summed E-state index contributed by atoms with van der Waals surface area (Å²) in [6.07, 6.45) is 2.02. The van der Waals surface area contributed by atoms with Crippen LogP contribution >= 0.6 is 0 Å². The highest BCUT2D eigenvalue weighted by Gasteiger charge is 2.24. The minimum Gasteiger partial charge on any atom is -0.399 e. The van der Waals surface area contributed by atoms with Crippen molar-refractivity contribution in [2.24, 2.45) is 5.92 Å². The van der Waals surface area contributed by atoms with E-state index in [9.17, 15) is 8.42 Å². The average molecular weight is 284 g/mol. The Bertz CT molecular complexity index is 507. The molecule has 1 saturated heterocycles. The summed E-state index contributed by atoms with van der Waals surface area (Å²) in [6.45, 7) is 1.92. The first-order chi connectivity index (χ1) is 9.00. The predicted octanol–water partition coefficient (Wildman–Crippen LogP) is 1.32. The van der Waals surface area contributed by atoms with Crippen molar-refractivity contribution in [1.29, 1.82) is 0 Å². The molecule has 1 aliphatic rings. The van der Waals surface area contributed by atoms with Crippen molar-refractivity contribution in [1.82, 2.24) is 4.31 Å². The van der Waals surface area contributed by atoms with Crippen LogP contribution in [0.2, 0.25) is 0 Å². The molecule has 0 amide bonds. The van der Waals surface area contributed by atoms with Crippen LogP contribution in [0.25, 0.3) is 0 Å². The molecular formula is C13H20N2O3S. The lowest BCUT2D eigenvalue weighted by molar-refractivity contribution is 0.0495. The summed E-state index contributed by atoms with van der Waals surface area (Å²) in [4.78, 5) is 0.279. The SMILES string of the molecule is CN(CC1CCCOC1)S(=O)(=O)c1ccc(N)cc1. The van der Waals surface area contributed by atoms with Crippen molar-refractivity contribution in [3.8, 4) is 0 Å². The standard InChI is InChI=1S/C13H20N2O3S/c1-15(9-11-3-2-8-18-10-11)19(16,17)13-6-4-12(14)5-7-13/h4-7,11H,2-3,8-10,14H2,1H3. The average Bonchev–Trinajstić information content (AvgIpc) is 2.40. The highest BCUT2D eigenvalue weighted by atomic mass is 32.2. The molecule has 2 N–H and O–H groups in total. The van der Waals surface area contributed by atoms with Gasteiger partial charge in [-0.2, -0.15) is 0 Å². The smallest absolute Gasteiger partial charge is 0.242 e. The Balaban J connectivity index is 2.07. The van der Waals surface area contributed by atoms with Crippen LogP contribution in [0.1, 0.15) is 12.8 Å². The van der Waals surface area contributed by atoms with Gasteiger partial charge in [-0.3, -0.25) is 0 Å². The van der Waals surface area contributed by atoms with Crippen LogP contribution in [-0.2, 0) is 14.8 Å². The van der Waals surface area contributed by atoms with Crippen molar-refractivity contribution >= 4 is 15.7 Å². The van der Waals surface area contributed by atoms with Crippen LogP contribution in [0.3, 0.4) is 0 Å². The van der Waals surface area contributed by atoms with Crippen molar-refractivity contribution < 1.29 is 13.2 Å². The highest BCUT2D eigenvalue weighted by Crippen LogP contribution is 2.20. The molecule has 0 bridgehead atoms. The maximum atomic E-state index is 12.4. The van der Waals surface area contributed by atoms with Gasteiger partial charge in [0.05, 0.1) is 11.5 Å². The monoisotopic (exact) mass is 284 g/mol. The topological polar surface area (TPSA) is 72.6 Å². The Kier molecular flexibility index (Phi) is 4.44. The maximum Gasteiger partial charge on any atom is 0.242 e. The van der Waals surface area contributed by atoms with Crippen LogP contribution in [-0.4, -0.2) is 39.5 Å². The number of ether oxygens (including phenoxy) is 1. The van der Waals surface area contributed by atoms with Crippen LogP contribution in [0.4, 0.5) is 5.69 Å². The number of nitrogen functional groups attached to an aromatic ring is 1. The molecule has 5 nitrogen and oxygen atoms in total. The Morgan fingerprint density at radius 1 is 1.37 bits per heavy atom. The van der Waals surface area contributed by atoms with Crippen LogP contribution in [0, 0.1) is 5.92 Å². The largest absolute Gasteiger partial charge is 0.399 e. The first kappa shape index (κ1) is 14.3. The lowest BCUT2D eigenvalue weighted by Crippen LogP contribution is -2.35. The molecule has 0 radical (unpaired) electrons. The number of anilines is 1.